The van der Waals surface area contributed by atoms with Gasteiger partial charge in [0.2, 0.25) is 0 Å². The van der Waals surface area contributed by atoms with Gasteiger partial charge in [0.15, 0.2) is 8.32 Å². The molecule has 22 heavy (non-hydrogen) atoms. The van der Waals surface area contributed by atoms with Gasteiger partial charge in [0.05, 0.1) is 5.56 Å². The standard InChI is InChI=1S/C17H27F3OSi/c1-4-22(5-2,21-3)14-8-6-7-9-15-10-12-16(13-11-15)17(18,19)20/h10-13H,4-9,14H2,1-3H3. The zero-order valence-electron chi connectivity index (χ0n) is 13.8. The highest BCUT2D eigenvalue weighted by Gasteiger charge is 2.30. The Hall–Kier alpha value is -0.813. The molecule has 1 nitrogen and oxygen atoms in total. The molecule has 0 radical (unpaired) electrons. The number of unbranched alkanes of at least 4 members (excludes halogenated alkanes) is 2. The van der Waals surface area contributed by atoms with Crippen LogP contribution in [0.25, 0.3) is 0 Å². The van der Waals surface area contributed by atoms with Crippen molar-refractivity contribution in [1.82, 2.24) is 0 Å². The van der Waals surface area contributed by atoms with Gasteiger partial charge < -0.3 is 4.43 Å². The number of aryl methyl sites for hydroxylation is 1. The van der Waals surface area contributed by atoms with E-state index >= 15 is 0 Å². The summed E-state index contributed by atoms with van der Waals surface area (Å²) in [4.78, 5) is 0. The van der Waals surface area contributed by atoms with E-state index in [9.17, 15) is 13.2 Å². The number of hydrogen-bond acceptors (Lipinski definition) is 1. The molecule has 126 valence electrons. The molecule has 0 aliphatic heterocycles. The third-order valence-corrected chi connectivity index (χ3v) is 9.31. The Morgan fingerprint density at radius 1 is 0.955 bits per heavy atom. The average molecular weight is 332 g/mol. The molecule has 0 heterocycles. The van der Waals surface area contributed by atoms with E-state index < -0.39 is 20.1 Å². The van der Waals surface area contributed by atoms with E-state index in [1.165, 1.54) is 18.2 Å². The van der Waals surface area contributed by atoms with Crippen molar-refractivity contribution >= 4 is 8.32 Å². The highest BCUT2D eigenvalue weighted by Crippen LogP contribution is 2.29. The maximum atomic E-state index is 12.5. The second-order valence-electron chi connectivity index (χ2n) is 5.85. The lowest BCUT2D eigenvalue weighted by molar-refractivity contribution is -0.137. The van der Waals surface area contributed by atoms with Crippen LogP contribution in [0.5, 0.6) is 0 Å². The lowest BCUT2D eigenvalue weighted by Crippen LogP contribution is -2.34. The summed E-state index contributed by atoms with van der Waals surface area (Å²) in [6.07, 6.45) is -0.112. The Kier molecular flexibility index (Phi) is 7.63. The van der Waals surface area contributed by atoms with Crippen LogP contribution in [-0.2, 0) is 17.0 Å². The van der Waals surface area contributed by atoms with Gasteiger partial charge in [0, 0.05) is 7.11 Å². The third-order valence-electron chi connectivity index (χ3n) is 4.60. The van der Waals surface area contributed by atoms with Crippen molar-refractivity contribution in [3.63, 3.8) is 0 Å². The average Bonchev–Trinajstić information content (AvgIpc) is 2.51. The summed E-state index contributed by atoms with van der Waals surface area (Å²) in [5, 5.41) is 0. The molecule has 0 N–H and O–H groups in total. The van der Waals surface area contributed by atoms with Crippen LogP contribution in [0.3, 0.4) is 0 Å². The number of halogens is 3. The Morgan fingerprint density at radius 3 is 2.00 bits per heavy atom. The first-order valence-corrected chi connectivity index (χ1v) is 10.6. The molecular formula is C17H27F3OSi. The van der Waals surface area contributed by atoms with Crippen LogP contribution in [0.2, 0.25) is 18.1 Å². The molecule has 0 unspecified atom stereocenters. The van der Waals surface area contributed by atoms with E-state index in [0.29, 0.717) is 0 Å². The molecule has 1 rings (SSSR count). The van der Waals surface area contributed by atoms with Crippen molar-refractivity contribution < 1.29 is 17.6 Å². The van der Waals surface area contributed by atoms with E-state index in [-0.39, 0.29) is 0 Å². The van der Waals surface area contributed by atoms with Crippen LogP contribution >= 0.6 is 0 Å². The quantitative estimate of drug-likeness (QED) is 0.395. The lowest BCUT2D eigenvalue weighted by Gasteiger charge is -2.27. The fourth-order valence-corrected chi connectivity index (χ4v) is 5.69. The first-order valence-electron chi connectivity index (χ1n) is 8.08. The highest BCUT2D eigenvalue weighted by molar-refractivity contribution is 6.73. The number of rotatable bonds is 9. The third kappa shape index (κ3) is 5.76. The Balaban J connectivity index is 2.33. The fourth-order valence-electron chi connectivity index (χ4n) is 2.81. The molecule has 0 aliphatic carbocycles. The molecule has 0 aromatic heterocycles. The zero-order chi connectivity index (χ0) is 16.6. The summed E-state index contributed by atoms with van der Waals surface area (Å²) in [7, 11) is 0.335. The smallest absolute Gasteiger partial charge is 0.416 e. The van der Waals surface area contributed by atoms with E-state index in [1.807, 2.05) is 7.11 Å². The summed E-state index contributed by atoms with van der Waals surface area (Å²) in [6, 6.07) is 9.02. The van der Waals surface area contributed by atoms with Gasteiger partial charge in [-0.15, -0.1) is 0 Å². The van der Waals surface area contributed by atoms with Crippen LogP contribution in [0.15, 0.2) is 24.3 Å². The Morgan fingerprint density at radius 2 is 1.55 bits per heavy atom. The lowest BCUT2D eigenvalue weighted by atomic mass is 10.1. The Bertz CT molecular complexity index is 416. The minimum atomic E-state index is -4.24. The normalized spacial score (nSPS) is 12.6. The van der Waals surface area contributed by atoms with Gasteiger partial charge in [-0.05, 0) is 48.7 Å². The molecule has 0 spiro atoms. The SMILES string of the molecule is CC[Si](CC)(CCCCCc1ccc(C(F)(F)F)cc1)OC. The monoisotopic (exact) mass is 332 g/mol. The van der Waals surface area contributed by atoms with Crippen molar-refractivity contribution in [3.05, 3.63) is 35.4 Å². The van der Waals surface area contributed by atoms with Crippen molar-refractivity contribution in [1.29, 1.82) is 0 Å². The second kappa shape index (κ2) is 8.72. The number of benzene rings is 1. The van der Waals surface area contributed by atoms with Gasteiger partial charge >= 0.3 is 6.18 Å². The van der Waals surface area contributed by atoms with Crippen molar-refractivity contribution in [2.24, 2.45) is 0 Å². The summed E-state index contributed by atoms with van der Waals surface area (Å²) in [5.41, 5.74) is 0.409. The molecule has 1 aromatic rings. The fraction of sp³-hybridized carbons (Fsp3) is 0.647. The van der Waals surface area contributed by atoms with Crippen molar-refractivity contribution in [3.8, 4) is 0 Å². The summed E-state index contributed by atoms with van der Waals surface area (Å²) >= 11 is 0. The van der Waals surface area contributed by atoms with Gasteiger partial charge in [-0.2, -0.15) is 13.2 Å². The van der Waals surface area contributed by atoms with E-state index in [4.69, 9.17) is 4.43 Å². The van der Waals surface area contributed by atoms with E-state index in [0.717, 1.165) is 43.3 Å². The summed E-state index contributed by atoms with van der Waals surface area (Å²) in [5.74, 6) is 0. The maximum Gasteiger partial charge on any atom is 0.416 e. The molecule has 0 amide bonds. The predicted octanol–water partition coefficient (Wildman–Crippen LogP) is 6.05. The summed E-state index contributed by atoms with van der Waals surface area (Å²) < 4.78 is 43.2. The molecule has 0 saturated carbocycles. The van der Waals surface area contributed by atoms with Crippen LogP contribution in [0.1, 0.15) is 44.2 Å². The van der Waals surface area contributed by atoms with Gasteiger partial charge in [0.25, 0.3) is 0 Å². The van der Waals surface area contributed by atoms with Gasteiger partial charge in [0.1, 0.15) is 0 Å². The minimum Gasteiger partial charge on any atom is -0.420 e. The molecule has 0 bridgehead atoms. The molecule has 0 atom stereocenters. The predicted molar refractivity (Wildman–Crippen MR) is 87.5 cm³/mol. The van der Waals surface area contributed by atoms with Crippen LogP contribution in [0, 0.1) is 0 Å². The van der Waals surface area contributed by atoms with E-state index in [1.54, 1.807) is 12.1 Å². The van der Waals surface area contributed by atoms with Crippen LogP contribution in [0.4, 0.5) is 13.2 Å². The van der Waals surface area contributed by atoms with Crippen molar-refractivity contribution in [2.75, 3.05) is 7.11 Å². The second-order valence-corrected chi connectivity index (χ2v) is 10.5. The minimum absolute atomic E-state index is 0.571. The van der Waals surface area contributed by atoms with Crippen molar-refractivity contribution in [2.45, 2.75) is 63.8 Å². The van der Waals surface area contributed by atoms with Crippen LogP contribution < -0.4 is 0 Å². The Labute approximate surface area is 133 Å². The van der Waals surface area contributed by atoms with Gasteiger partial charge in [-0.25, -0.2) is 0 Å². The topological polar surface area (TPSA) is 9.23 Å². The molecule has 0 saturated heterocycles. The summed E-state index contributed by atoms with van der Waals surface area (Å²) in [6.45, 7) is 4.42. The van der Waals surface area contributed by atoms with Gasteiger partial charge in [-0.1, -0.05) is 38.8 Å². The first kappa shape index (κ1) is 19.2. The molecule has 0 fully saturated rings. The zero-order valence-corrected chi connectivity index (χ0v) is 14.8. The first-order chi connectivity index (χ1) is 10.4. The molecule has 5 heteroatoms. The largest absolute Gasteiger partial charge is 0.420 e. The number of hydrogen-bond donors (Lipinski definition) is 0. The van der Waals surface area contributed by atoms with Crippen LogP contribution in [-0.4, -0.2) is 15.4 Å². The molecular weight excluding hydrogens is 305 g/mol. The van der Waals surface area contributed by atoms with Gasteiger partial charge in [-0.3, -0.25) is 0 Å². The maximum absolute atomic E-state index is 12.5. The molecule has 1 aromatic carbocycles. The number of alkyl halides is 3. The highest BCUT2D eigenvalue weighted by atomic mass is 28.4. The molecule has 0 aliphatic rings. The van der Waals surface area contributed by atoms with E-state index in [2.05, 4.69) is 13.8 Å².